The molecule has 0 aliphatic heterocycles. The zero-order chi connectivity index (χ0) is 20.2. The second kappa shape index (κ2) is 6.30. The maximum Gasteiger partial charge on any atom is 0.416 e. The largest absolute Gasteiger partial charge is 0.494 e. The molecule has 0 aliphatic rings. The van der Waals surface area contributed by atoms with Crippen LogP contribution in [0.1, 0.15) is 11.3 Å². The summed E-state index contributed by atoms with van der Waals surface area (Å²) in [6.07, 6.45) is -4.56. The van der Waals surface area contributed by atoms with Crippen molar-refractivity contribution in [2.75, 3.05) is 7.11 Å². The van der Waals surface area contributed by atoms with E-state index in [1.54, 1.807) is 6.92 Å². The maximum absolute atomic E-state index is 14.1. The molecule has 0 saturated carbocycles. The first-order valence-corrected chi connectivity index (χ1v) is 8.34. The van der Waals surface area contributed by atoms with E-state index >= 15 is 0 Å². The molecule has 2 heterocycles. The van der Waals surface area contributed by atoms with Crippen LogP contribution < -0.4 is 4.74 Å². The van der Waals surface area contributed by atoms with E-state index in [0.717, 1.165) is 24.3 Å². The summed E-state index contributed by atoms with van der Waals surface area (Å²) >= 11 is 6.18. The first-order chi connectivity index (χ1) is 13.2. The summed E-state index contributed by atoms with van der Waals surface area (Å²) in [5, 5.41) is 8.19. The first-order valence-electron chi connectivity index (χ1n) is 7.97. The number of aryl methyl sites for hydroxylation is 1. The molecule has 4 rings (SSSR count). The predicted molar refractivity (Wildman–Crippen MR) is 95.0 cm³/mol. The number of methoxy groups -OCH3 is 1. The molecule has 5 nitrogen and oxygen atoms in total. The third-order valence-corrected chi connectivity index (χ3v) is 4.61. The highest BCUT2D eigenvalue weighted by Gasteiger charge is 2.32. The molecular weight excluding hydrogens is 400 g/mol. The van der Waals surface area contributed by atoms with Crippen LogP contribution in [0.3, 0.4) is 0 Å². The van der Waals surface area contributed by atoms with E-state index in [1.165, 1.54) is 17.6 Å². The summed E-state index contributed by atoms with van der Waals surface area (Å²) in [4.78, 5) is 4.32. The normalized spacial score (nSPS) is 12.1. The second-order valence-electron chi connectivity index (χ2n) is 6.05. The maximum atomic E-state index is 14.1. The summed E-state index contributed by atoms with van der Waals surface area (Å²) in [6.45, 7) is 1.62. The Balaban J connectivity index is 2.13. The highest BCUT2D eigenvalue weighted by molar-refractivity contribution is 6.33. The number of imidazole rings is 1. The van der Waals surface area contributed by atoms with Crippen LogP contribution in [0.5, 0.6) is 5.75 Å². The zero-order valence-electron chi connectivity index (χ0n) is 14.5. The molecule has 0 amide bonds. The number of nitrogens with zero attached hydrogens (tertiary/aromatic N) is 4. The number of ether oxygens (including phenoxy) is 1. The molecule has 0 fully saturated rings. The highest BCUT2D eigenvalue weighted by atomic mass is 35.5. The number of alkyl halides is 3. The number of halogens is 5. The standard InChI is InChI=1S/C18H11ClF4N4O/c1-8-16-26-25-15-13(6-10(20)7-14(15)28-2)27(16)17(24-8)11-5-9(18(21,22)23)3-4-12(11)19/h3-7H,1-2H3. The van der Waals surface area contributed by atoms with Crippen molar-refractivity contribution in [3.05, 3.63) is 52.4 Å². The SMILES string of the molecule is COc1cc(F)cc2c1nnc1c(C)nc(-c3cc(C(F)(F)F)ccc3Cl)n12. The summed E-state index contributed by atoms with van der Waals surface area (Å²) in [6, 6.07) is 5.26. The third-order valence-electron chi connectivity index (χ3n) is 4.28. The van der Waals surface area contributed by atoms with Gasteiger partial charge in [0.15, 0.2) is 16.9 Å². The smallest absolute Gasteiger partial charge is 0.416 e. The van der Waals surface area contributed by atoms with Crippen molar-refractivity contribution in [3.63, 3.8) is 0 Å². The molecule has 0 N–H and O–H groups in total. The molecule has 2 aromatic heterocycles. The molecule has 0 radical (unpaired) electrons. The zero-order valence-corrected chi connectivity index (χ0v) is 15.2. The van der Waals surface area contributed by atoms with Gasteiger partial charge in [-0.3, -0.25) is 4.40 Å². The van der Waals surface area contributed by atoms with Crippen LogP contribution in [0.25, 0.3) is 28.1 Å². The fourth-order valence-electron chi connectivity index (χ4n) is 3.00. The van der Waals surface area contributed by atoms with E-state index in [4.69, 9.17) is 16.3 Å². The van der Waals surface area contributed by atoms with Gasteiger partial charge in [-0.15, -0.1) is 10.2 Å². The Morgan fingerprint density at radius 2 is 1.86 bits per heavy atom. The summed E-state index contributed by atoms with van der Waals surface area (Å²) in [5.74, 6) is -0.376. The Labute approximate surface area is 160 Å². The molecule has 28 heavy (non-hydrogen) atoms. The van der Waals surface area contributed by atoms with Gasteiger partial charge in [-0.05, 0) is 25.1 Å². The quantitative estimate of drug-likeness (QED) is 0.433. The number of hydrogen-bond donors (Lipinski definition) is 0. The van der Waals surface area contributed by atoms with Gasteiger partial charge in [0, 0.05) is 17.7 Å². The van der Waals surface area contributed by atoms with Crippen molar-refractivity contribution in [2.24, 2.45) is 0 Å². The highest BCUT2D eigenvalue weighted by Crippen LogP contribution is 2.37. The predicted octanol–water partition coefficient (Wildman–Crippen LogP) is 5.07. The van der Waals surface area contributed by atoms with Crippen molar-refractivity contribution >= 4 is 28.3 Å². The molecule has 0 spiro atoms. The van der Waals surface area contributed by atoms with Gasteiger partial charge >= 0.3 is 6.18 Å². The Bertz CT molecular complexity index is 1240. The van der Waals surface area contributed by atoms with Gasteiger partial charge < -0.3 is 4.74 Å². The van der Waals surface area contributed by atoms with Gasteiger partial charge in [-0.2, -0.15) is 13.2 Å². The minimum atomic E-state index is -4.56. The van der Waals surface area contributed by atoms with Gasteiger partial charge in [0.2, 0.25) is 0 Å². The van der Waals surface area contributed by atoms with E-state index < -0.39 is 17.6 Å². The second-order valence-corrected chi connectivity index (χ2v) is 6.46. The molecule has 10 heteroatoms. The summed E-state index contributed by atoms with van der Waals surface area (Å²) < 4.78 is 60.2. The molecule has 0 bridgehead atoms. The number of rotatable bonds is 2. The Kier molecular flexibility index (Phi) is 4.15. The number of hydrogen-bond acceptors (Lipinski definition) is 4. The molecule has 0 unspecified atom stereocenters. The minimum absolute atomic E-state index is 0.0390. The number of aromatic nitrogens is 4. The topological polar surface area (TPSA) is 52.3 Å². The van der Waals surface area contributed by atoms with Crippen LogP contribution >= 0.6 is 11.6 Å². The Hall–Kier alpha value is -2.94. The van der Waals surface area contributed by atoms with Crippen molar-refractivity contribution < 1.29 is 22.3 Å². The van der Waals surface area contributed by atoms with Crippen LogP contribution in [0.2, 0.25) is 5.02 Å². The lowest BCUT2D eigenvalue weighted by atomic mass is 10.1. The molecular formula is C18H11ClF4N4O. The lowest BCUT2D eigenvalue weighted by Gasteiger charge is -2.11. The van der Waals surface area contributed by atoms with Crippen LogP contribution in [-0.4, -0.2) is 26.7 Å². The van der Waals surface area contributed by atoms with Gasteiger partial charge in [0.25, 0.3) is 0 Å². The Morgan fingerprint density at radius 3 is 2.54 bits per heavy atom. The Morgan fingerprint density at radius 1 is 1.11 bits per heavy atom. The number of benzene rings is 2. The van der Waals surface area contributed by atoms with Gasteiger partial charge in [0.1, 0.15) is 11.6 Å². The van der Waals surface area contributed by atoms with Crippen molar-refractivity contribution in [1.82, 2.24) is 19.6 Å². The third kappa shape index (κ3) is 2.82. The van der Waals surface area contributed by atoms with Crippen molar-refractivity contribution in [2.45, 2.75) is 13.1 Å². The van der Waals surface area contributed by atoms with E-state index in [1.807, 2.05) is 0 Å². The minimum Gasteiger partial charge on any atom is -0.494 e. The van der Waals surface area contributed by atoms with E-state index in [0.29, 0.717) is 5.69 Å². The molecule has 0 saturated heterocycles. The van der Waals surface area contributed by atoms with E-state index in [9.17, 15) is 17.6 Å². The average Bonchev–Trinajstić information content (AvgIpc) is 2.97. The van der Waals surface area contributed by atoms with Crippen LogP contribution in [0, 0.1) is 12.7 Å². The lowest BCUT2D eigenvalue weighted by molar-refractivity contribution is -0.137. The van der Waals surface area contributed by atoms with E-state index in [2.05, 4.69) is 15.2 Å². The van der Waals surface area contributed by atoms with Crippen LogP contribution in [0.4, 0.5) is 17.6 Å². The van der Waals surface area contributed by atoms with Crippen molar-refractivity contribution in [3.8, 4) is 17.1 Å². The molecule has 0 atom stereocenters. The first kappa shape index (κ1) is 18.4. The summed E-state index contributed by atoms with van der Waals surface area (Å²) in [7, 11) is 1.35. The van der Waals surface area contributed by atoms with Crippen molar-refractivity contribution in [1.29, 1.82) is 0 Å². The van der Waals surface area contributed by atoms with Gasteiger partial charge in [0.05, 0.1) is 28.9 Å². The van der Waals surface area contributed by atoms with Gasteiger partial charge in [-0.1, -0.05) is 11.6 Å². The lowest BCUT2D eigenvalue weighted by Crippen LogP contribution is -2.05. The molecule has 0 aliphatic carbocycles. The summed E-state index contributed by atoms with van der Waals surface area (Å²) in [5.41, 5.74) is 0.308. The van der Waals surface area contributed by atoms with Gasteiger partial charge in [-0.25, -0.2) is 9.37 Å². The van der Waals surface area contributed by atoms with Crippen LogP contribution in [-0.2, 0) is 6.18 Å². The van der Waals surface area contributed by atoms with E-state index in [-0.39, 0.29) is 38.8 Å². The monoisotopic (exact) mass is 410 g/mol. The molecule has 2 aromatic carbocycles. The molecule has 144 valence electrons. The average molecular weight is 411 g/mol. The fraction of sp³-hybridized carbons (Fsp3) is 0.167. The number of fused-ring (bicyclic) bond motifs is 3. The van der Waals surface area contributed by atoms with Crippen LogP contribution in [0.15, 0.2) is 30.3 Å². The molecule has 4 aromatic rings. The fourth-order valence-corrected chi connectivity index (χ4v) is 3.21.